The highest BCUT2D eigenvalue weighted by atomic mass is 32.2. The summed E-state index contributed by atoms with van der Waals surface area (Å²) < 4.78 is 28.4. The number of piperazine rings is 1. The molecule has 1 N–H and O–H groups in total. The molecule has 8 nitrogen and oxygen atoms in total. The van der Waals surface area contributed by atoms with E-state index in [1.165, 1.54) is 4.31 Å². The average molecular weight is 316 g/mol. The van der Waals surface area contributed by atoms with Gasteiger partial charge in [0, 0.05) is 33.2 Å². The quantitative estimate of drug-likeness (QED) is 0.799. The fourth-order valence-electron chi connectivity index (χ4n) is 2.58. The first-order valence-corrected chi connectivity index (χ1v) is 8.12. The molecule has 2 rings (SSSR count). The number of carboxylic acid groups (broad SMARTS) is 1. The van der Waals surface area contributed by atoms with Crippen molar-refractivity contribution < 1.29 is 18.3 Å². The van der Waals surface area contributed by atoms with Gasteiger partial charge in [0.25, 0.3) is 0 Å². The van der Waals surface area contributed by atoms with Crippen LogP contribution in [0.1, 0.15) is 11.4 Å². The van der Waals surface area contributed by atoms with Crippen molar-refractivity contribution in [3.8, 4) is 0 Å². The minimum absolute atomic E-state index is 0.0567. The van der Waals surface area contributed by atoms with Crippen molar-refractivity contribution in [1.29, 1.82) is 0 Å². The van der Waals surface area contributed by atoms with Crippen molar-refractivity contribution >= 4 is 16.0 Å². The topological polar surface area (TPSA) is 95.7 Å². The molecule has 0 spiro atoms. The van der Waals surface area contributed by atoms with Crippen molar-refractivity contribution in [1.82, 2.24) is 19.0 Å². The monoisotopic (exact) mass is 316 g/mol. The van der Waals surface area contributed by atoms with Crippen molar-refractivity contribution in [3.05, 3.63) is 11.4 Å². The van der Waals surface area contributed by atoms with E-state index < -0.39 is 16.0 Å². The maximum Gasteiger partial charge on any atom is 0.317 e. The summed E-state index contributed by atoms with van der Waals surface area (Å²) in [7, 11) is -1.86. The Morgan fingerprint density at radius 3 is 2.24 bits per heavy atom. The third-order valence-corrected chi connectivity index (χ3v) is 5.88. The highest BCUT2D eigenvalue weighted by Gasteiger charge is 2.33. The zero-order valence-corrected chi connectivity index (χ0v) is 13.2. The first kappa shape index (κ1) is 15.9. The van der Waals surface area contributed by atoms with Crippen LogP contribution in [0.25, 0.3) is 0 Å². The van der Waals surface area contributed by atoms with E-state index in [0.29, 0.717) is 37.6 Å². The van der Waals surface area contributed by atoms with E-state index in [-0.39, 0.29) is 11.4 Å². The molecular weight excluding hydrogens is 296 g/mol. The van der Waals surface area contributed by atoms with Crippen LogP contribution in [0, 0.1) is 13.8 Å². The van der Waals surface area contributed by atoms with Gasteiger partial charge in [-0.25, -0.2) is 8.42 Å². The van der Waals surface area contributed by atoms with Gasteiger partial charge in [-0.1, -0.05) is 0 Å². The molecule has 0 amide bonds. The Bertz CT molecular complexity index is 644. The Kier molecular flexibility index (Phi) is 4.35. The third-order valence-electron chi connectivity index (χ3n) is 3.73. The minimum Gasteiger partial charge on any atom is -0.480 e. The van der Waals surface area contributed by atoms with Crippen molar-refractivity contribution in [3.63, 3.8) is 0 Å². The average Bonchev–Trinajstić information content (AvgIpc) is 2.63. The Hall–Kier alpha value is -1.45. The number of hydrogen-bond donors (Lipinski definition) is 1. The lowest BCUT2D eigenvalue weighted by Gasteiger charge is -2.33. The molecule has 1 fully saturated rings. The zero-order valence-electron chi connectivity index (χ0n) is 12.4. The largest absolute Gasteiger partial charge is 0.480 e. The number of hydrogen-bond acceptors (Lipinski definition) is 5. The predicted molar refractivity (Wildman–Crippen MR) is 75.5 cm³/mol. The van der Waals surface area contributed by atoms with Gasteiger partial charge in [-0.15, -0.1) is 0 Å². The first-order chi connectivity index (χ1) is 9.73. The lowest BCUT2D eigenvalue weighted by Crippen LogP contribution is -2.49. The molecular formula is C12H20N4O4S. The summed E-state index contributed by atoms with van der Waals surface area (Å²) in [6.07, 6.45) is 0. The smallest absolute Gasteiger partial charge is 0.317 e. The number of aliphatic carboxylic acids is 1. The number of carboxylic acids is 1. The van der Waals surface area contributed by atoms with Crippen LogP contribution >= 0.6 is 0 Å². The molecule has 0 aliphatic carbocycles. The molecule has 1 saturated heterocycles. The molecule has 1 aromatic rings. The van der Waals surface area contributed by atoms with Gasteiger partial charge in [-0.2, -0.15) is 9.40 Å². The van der Waals surface area contributed by atoms with Crippen LogP contribution in [0.3, 0.4) is 0 Å². The standard InChI is InChI=1S/C12H20N4O4S/c1-9-12(10(2)14(3)13-9)21(19,20)16-6-4-15(5-7-16)8-11(17)18/h4-8H2,1-3H3,(H,17,18). The van der Waals surface area contributed by atoms with Crippen molar-refractivity contribution in [2.24, 2.45) is 7.05 Å². The second-order valence-corrected chi connectivity index (χ2v) is 7.07. The van der Waals surface area contributed by atoms with E-state index in [4.69, 9.17) is 5.11 Å². The summed E-state index contributed by atoms with van der Waals surface area (Å²) in [5, 5.41) is 12.9. The maximum atomic E-state index is 12.7. The predicted octanol–water partition coefficient (Wildman–Crippen LogP) is -0.572. The fraction of sp³-hybridized carbons (Fsp3) is 0.667. The highest BCUT2D eigenvalue weighted by Crippen LogP contribution is 2.23. The lowest BCUT2D eigenvalue weighted by molar-refractivity contribution is -0.138. The number of sulfonamides is 1. The SMILES string of the molecule is Cc1nn(C)c(C)c1S(=O)(=O)N1CCN(CC(=O)O)CC1. The Morgan fingerprint density at radius 2 is 1.81 bits per heavy atom. The van der Waals surface area contributed by atoms with Crippen LogP contribution in [-0.4, -0.2) is 71.2 Å². The van der Waals surface area contributed by atoms with E-state index in [9.17, 15) is 13.2 Å². The number of aryl methyl sites for hydroxylation is 2. The number of carbonyl (C=O) groups is 1. The normalized spacial score (nSPS) is 18.0. The summed E-state index contributed by atoms with van der Waals surface area (Å²) in [5.41, 5.74) is 1.10. The zero-order chi connectivity index (χ0) is 15.8. The molecule has 9 heteroatoms. The van der Waals surface area contributed by atoms with Crippen molar-refractivity contribution in [2.75, 3.05) is 32.7 Å². The first-order valence-electron chi connectivity index (χ1n) is 6.68. The minimum atomic E-state index is -3.58. The molecule has 21 heavy (non-hydrogen) atoms. The second-order valence-electron chi connectivity index (χ2n) is 5.20. The molecule has 1 aliphatic heterocycles. The Morgan fingerprint density at radius 1 is 1.24 bits per heavy atom. The van der Waals surface area contributed by atoms with Gasteiger partial charge in [0.05, 0.1) is 17.9 Å². The van der Waals surface area contributed by atoms with E-state index in [1.54, 1.807) is 30.5 Å². The van der Waals surface area contributed by atoms with Gasteiger partial charge in [-0.05, 0) is 13.8 Å². The van der Waals surface area contributed by atoms with Crippen LogP contribution < -0.4 is 0 Å². The molecule has 0 radical (unpaired) electrons. The Labute approximate surface area is 124 Å². The van der Waals surface area contributed by atoms with Gasteiger partial charge < -0.3 is 5.11 Å². The van der Waals surface area contributed by atoms with Gasteiger partial charge in [-0.3, -0.25) is 14.4 Å². The maximum absolute atomic E-state index is 12.7. The van der Waals surface area contributed by atoms with E-state index in [1.807, 2.05) is 0 Å². The summed E-state index contributed by atoms with van der Waals surface area (Å²) in [6.45, 7) is 4.79. The van der Waals surface area contributed by atoms with Crippen molar-refractivity contribution in [2.45, 2.75) is 18.7 Å². The molecule has 1 aliphatic rings. The molecule has 2 heterocycles. The van der Waals surface area contributed by atoms with E-state index >= 15 is 0 Å². The van der Waals surface area contributed by atoms with Crippen LogP contribution in [0.2, 0.25) is 0 Å². The molecule has 0 bridgehead atoms. The number of rotatable bonds is 4. The summed E-state index contributed by atoms with van der Waals surface area (Å²) in [5.74, 6) is -0.898. The van der Waals surface area contributed by atoms with E-state index in [0.717, 1.165) is 0 Å². The van der Waals surface area contributed by atoms with Gasteiger partial charge in [0.15, 0.2) is 0 Å². The highest BCUT2D eigenvalue weighted by molar-refractivity contribution is 7.89. The second kappa shape index (κ2) is 5.74. The van der Waals surface area contributed by atoms with Crippen LogP contribution in [0.5, 0.6) is 0 Å². The molecule has 0 aromatic carbocycles. The summed E-state index contributed by atoms with van der Waals surface area (Å²) in [6, 6.07) is 0. The summed E-state index contributed by atoms with van der Waals surface area (Å²) >= 11 is 0. The van der Waals surface area contributed by atoms with Crippen LogP contribution in [-0.2, 0) is 21.9 Å². The van der Waals surface area contributed by atoms with Crippen LogP contribution in [0.15, 0.2) is 4.90 Å². The van der Waals surface area contributed by atoms with Gasteiger partial charge in [0.1, 0.15) is 4.90 Å². The van der Waals surface area contributed by atoms with E-state index in [2.05, 4.69) is 5.10 Å². The third kappa shape index (κ3) is 3.09. The molecule has 0 saturated carbocycles. The van der Waals surface area contributed by atoms with Crippen LogP contribution in [0.4, 0.5) is 0 Å². The van der Waals surface area contributed by atoms with Gasteiger partial charge >= 0.3 is 5.97 Å². The summed E-state index contributed by atoms with van der Waals surface area (Å²) in [4.78, 5) is 12.7. The molecule has 1 aromatic heterocycles. The molecule has 0 unspecified atom stereocenters. The number of nitrogens with zero attached hydrogens (tertiary/aromatic N) is 4. The van der Waals surface area contributed by atoms with Gasteiger partial charge in [0.2, 0.25) is 10.0 Å². The number of aromatic nitrogens is 2. The Balaban J connectivity index is 2.17. The molecule has 118 valence electrons. The molecule has 0 atom stereocenters. The lowest BCUT2D eigenvalue weighted by atomic mass is 10.3. The fourth-order valence-corrected chi connectivity index (χ4v) is 4.40.